The van der Waals surface area contributed by atoms with Gasteiger partial charge in [-0.3, -0.25) is 4.79 Å². The first-order valence-corrected chi connectivity index (χ1v) is 9.78. The van der Waals surface area contributed by atoms with Crippen LogP contribution in [0.15, 0.2) is 33.6 Å². The summed E-state index contributed by atoms with van der Waals surface area (Å²) < 4.78 is 45.9. The van der Waals surface area contributed by atoms with Crippen LogP contribution in [0, 0.1) is 26.6 Å². The van der Waals surface area contributed by atoms with Crippen LogP contribution in [0.1, 0.15) is 27.4 Å². The van der Waals surface area contributed by atoms with E-state index in [0.717, 1.165) is 11.6 Å². The first-order chi connectivity index (χ1) is 12.2. The molecular formula is C18H21FN2O4S. The molecule has 1 fully saturated rings. The molecule has 0 unspecified atom stereocenters. The fourth-order valence-electron chi connectivity index (χ4n) is 3.19. The molecule has 0 radical (unpaired) electrons. The van der Waals surface area contributed by atoms with Crippen LogP contribution in [0.3, 0.4) is 0 Å². The molecule has 1 aliphatic heterocycles. The van der Waals surface area contributed by atoms with E-state index in [4.69, 9.17) is 4.42 Å². The van der Waals surface area contributed by atoms with Gasteiger partial charge in [0.15, 0.2) is 0 Å². The number of rotatable bonds is 3. The number of sulfonamides is 1. The third-order valence-corrected chi connectivity index (χ3v) is 6.69. The molecule has 1 aromatic carbocycles. The summed E-state index contributed by atoms with van der Waals surface area (Å²) in [5, 5.41) is 0. The van der Waals surface area contributed by atoms with Crippen molar-refractivity contribution in [3.05, 3.63) is 52.7 Å². The Labute approximate surface area is 152 Å². The molecule has 26 heavy (non-hydrogen) atoms. The van der Waals surface area contributed by atoms with Crippen molar-refractivity contribution in [3.8, 4) is 0 Å². The van der Waals surface area contributed by atoms with Gasteiger partial charge in [0.2, 0.25) is 10.0 Å². The summed E-state index contributed by atoms with van der Waals surface area (Å²) in [5.41, 5.74) is 1.34. The number of amides is 1. The highest BCUT2D eigenvalue weighted by molar-refractivity contribution is 7.89. The Morgan fingerprint density at radius 2 is 1.65 bits per heavy atom. The monoisotopic (exact) mass is 380 g/mol. The van der Waals surface area contributed by atoms with Crippen LogP contribution < -0.4 is 0 Å². The summed E-state index contributed by atoms with van der Waals surface area (Å²) in [5.74, 6) is 0.323. The molecule has 1 amide bonds. The van der Waals surface area contributed by atoms with Crippen LogP contribution in [0.25, 0.3) is 0 Å². The van der Waals surface area contributed by atoms with Crippen molar-refractivity contribution < 1.29 is 22.0 Å². The Morgan fingerprint density at radius 3 is 2.19 bits per heavy atom. The lowest BCUT2D eigenvalue weighted by Crippen LogP contribution is -2.50. The van der Waals surface area contributed by atoms with Crippen LogP contribution in [-0.2, 0) is 10.0 Å². The maximum atomic E-state index is 13.9. The average molecular weight is 380 g/mol. The highest BCUT2D eigenvalue weighted by Gasteiger charge is 2.33. The predicted molar refractivity (Wildman–Crippen MR) is 94.0 cm³/mol. The van der Waals surface area contributed by atoms with Gasteiger partial charge in [-0.15, -0.1) is 0 Å². The first kappa shape index (κ1) is 18.6. The van der Waals surface area contributed by atoms with E-state index < -0.39 is 15.8 Å². The Kier molecular flexibility index (Phi) is 4.90. The van der Waals surface area contributed by atoms with Crippen LogP contribution in [0.5, 0.6) is 0 Å². The third-order valence-electron chi connectivity index (χ3n) is 4.76. The summed E-state index contributed by atoms with van der Waals surface area (Å²) in [6.07, 6.45) is 0. The lowest BCUT2D eigenvalue weighted by atomic mass is 10.1. The average Bonchev–Trinajstić information content (AvgIpc) is 2.87. The molecule has 8 heteroatoms. The van der Waals surface area contributed by atoms with Crippen molar-refractivity contribution in [1.82, 2.24) is 9.21 Å². The minimum Gasteiger partial charge on any atom is -0.466 e. The number of halogens is 1. The summed E-state index contributed by atoms with van der Waals surface area (Å²) in [7, 11) is -3.92. The largest absolute Gasteiger partial charge is 0.466 e. The SMILES string of the molecule is Cc1oc(C)c(C(=O)N2CCN(S(=O)(=O)c3ccccc3F)CC2)c1C. The zero-order chi connectivity index (χ0) is 19.1. The maximum absolute atomic E-state index is 13.9. The Balaban J connectivity index is 1.75. The number of piperazine rings is 1. The molecular weight excluding hydrogens is 359 g/mol. The van der Waals surface area contributed by atoms with E-state index in [1.54, 1.807) is 18.7 Å². The molecule has 2 aromatic rings. The van der Waals surface area contributed by atoms with Crippen molar-refractivity contribution in [1.29, 1.82) is 0 Å². The van der Waals surface area contributed by atoms with Crippen molar-refractivity contribution in [2.45, 2.75) is 25.7 Å². The van der Waals surface area contributed by atoms with E-state index in [9.17, 15) is 17.6 Å². The second-order valence-electron chi connectivity index (χ2n) is 6.34. The van der Waals surface area contributed by atoms with Gasteiger partial charge in [-0.2, -0.15) is 4.31 Å². The summed E-state index contributed by atoms with van der Waals surface area (Å²) in [4.78, 5) is 14.0. The van der Waals surface area contributed by atoms with Gasteiger partial charge in [-0.05, 0) is 32.9 Å². The highest BCUT2D eigenvalue weighted by Crippen LogP contribution is 2.24. The van der Waals surface area contributed by atoms with Gasteiger partial charge in [0.05, 0.1) is 5.56 Å². The Morgan fingerprint density at radius 1 is 1.04 bits per heavy atom. The number of nitrogens with zero attached hydrogens (tertiary/aromatic N) is 2. The number of benzene rings is 1. The van der Waals surface area contributed by atoms with Crippen molar-refractivity contribution in [3.63, 3.8) is 0 Å². The molecule has 0 bridgehead atoms. The third kappa shape index (κ3) is 3.14. The number of furan rings is 1. The minimum absolute atomic E-state index is 0.122. The fourth-order valence-corrected chi connectivity index (χ4v) is 4.68. The molecule has 0 N–H and O–H groups in total. The predicted octanol–water partition coefficient (Wildman–Crippen LogP) is 2.49. The molecule has 140 valence electrons. The Hall–Kier alpha value is -2.19. The standard InChI is InChI=1S/C18H21FN2O4S/c1-12-13(2)25-14(3)17(12)18(22)20-8-10-21(11-9-20)26(23,24)16-7-5-4-6-15(16)19/h4-7H,8-11H2,1-3H3. The van der Waals surface area contributed by atoms with Crippen LogP contribution in [-0.4, -0.2) is 49.7 Å². The van der Waals surface area contributed by atoms with Gasteiger partial charge in [0.25, 0.3) is 5.91 Å². The van der Waals surface area contributed by atoms with Gasteiger partial charge < -0.3 is 9.32 Å². The molecule has 0 spiro atoms. The molecule has 3 rings (SSSR count). The molecule has 0 aliphatic carbocycles. The summed E-state index contributed by atoms with van der Waals surface area (Å²) in [6.45, 7) is 6.11. The first-order valence-electron chi connectivity index (χ1n) is 8.34. The van der Waals surface area contributed by atoms with Crippen molar-refractivity contribution in [2.75, 3.05) is 26.2 Å². The Bertz CT molecular complexity index is 944. The molecule has 6 nitrogen and oxygen atoms in total. The number of hydrogen-bond donors (Lipinski definition) is 0. The molecule has 0 saturated carbocycles. The van der Waals surface area contributed by atoms with Crippen LogP contribution in [0.4, 0.5) is 4.39 Å². The lowest BCUT2D eigenvalue weighted by molar-refractivity contribution is 0.0695. The molecule has 1 aliphatic rings. The van der Waals surface area contributed by atoms with E-state index in [1.807, 2.05) is 6.92 Å². The zero-order valence-electron chi connectivity index (χ0n) is 15.0. The van der Waals surface area contributed by atoms with E-state index in [0.29, 0.717) is 17.1 Å². The quantitative estimate of drug-likeness (QED) is 0.820. The fraction of sp³-hybridized carbons (Fsp3) is 0.389. The smallest absolute Gasteiger partial charge is 0.257 e. The minimum atomic E-state index is -3.92. The van der Waals surface area contributed by atoms with E-state index in [2.05, 4.69) is 0 Å². The molecule has 2 heterocycles. The normalized spacial score (nSPS) is 16.1. The highest BCUT2D eigenvalue weighted by atomic mass is 32.2. The molecule has 1 saturated heterocycles. The van der Waals surface area contributed by atoms with Crippen LogP contribution >= 0.6 is 0 Å². The summed E-state index contributed by atoms with van der Waals surface area (Å²) in [6, 6.07) is 5.31. The zero-order valence-corrected chi connectivity index (χ0v) is 15.8. The lowest BCUT2D eigenvalue weighted by Gasteiger charge is -2.34. The molecule has 0 atom stereocenters. The summed E-state index contributed by atoms with van der Waals surface area (Å²) >= 11 is 0. The number of hydrogen-bond acceptors (Lipinski definition) is 4. The molecule has 1 aromatic heterocycles. The van der Waals surface area contributed by atoms with E-state index >= 15 is 0 Å². The van der Waals surface area contributed by atoms with E-state index in [1.165, 1.54) is 22.5 Å². The number of aryl methyl sites for hydroxylation is 2. The van der Waals surface area contributed by atoms with Gasteiger partial charge in [-0.25, -0.2) is 12.8 Å². The van der Waals surface area contributed by atoms with Crippen molar-refractivity contribution >= 4 is 15.9 Å². The topological polar surface area (TPSA) is 70.8 Å². The van der Waals surface area contributed by atoms with E-state index in [-0.39, 0.29) is 37.0 Å². The van der Waals surface area contributed by atoms with Gasteiger partial charge in [0.1, 0.15) is 22.2 Å². The van der Waals surface area contributed by atoms with Gasteiger partial charge in [0, 0.05) is 31.7 Å². The number of carbonyl (C=O) groups excluding carboxylic acids is 1. The number of carbonyl (C=O) groups is 1. The second kappa shape index (κ2) is 6.85. The maximum Gasteiger partial charge on any atom is 0.257 e. The van der Waals surface area contributed by atoms with Crippen LogP contribution in [0.2, 0.25) is 0 Å². The second-order valence-corrected chi connectivity index (χ2v) is 8.25. The van der Waals surface area contributed by atoms with Gasteiger partial charge >= 0.3 is 0 Å². The van der Waals surface area contributed by atoms with Gasteiger partial charge in [-0.1, -0.05) is 12.1 Å². The van der Waals surface area contributed by atoms with Crippen molar-refractivity contribution in [2.24, 2.45) is 0 Å².